The lowest BCUT2D eigenvalue weighted by Gasteiger charge is -2.32. The van der Waals surface area contributed by atoms with Gasteiger partial charge >= 0.3 is 0 Å². The smallest absolute Gasteiger partial charge is 0.248 e. The van der Waals surface area contributed by atoms with Crippen molar-refractivity contribution < 1.29 is 4.79 Å². The summed E-state index contributed by atoms with van der Waals surface area (Å²) in [5, 5.41) is 3.04. The standard InChI is InChI=1S/C16H22N8O/c1-3-12-19-15(20-13-10-11(14(17)25)4-5-18-13)22-16(21-12)24-8-6-23(2)7-9-24/h4-5,10H,3,6-9H2,1-2H3,(H2,17,25)(H,18,19,20,21,22). The van der Waals surface area contributed by atoms with Gasteiger partial charge in [0.2, 0.25) is 17.8 Å². The Morgan fingerprint density at radius 1 is 1.24 bits per heavy atom. The monoisotopic (exact) mass is 342 g/mol. The van der Waals surface area contributed by atoms with Gasteiger partial charge in [0.15, 0.2) is 0 Å². The first-order valence-corrected chi connectivity index (χ1v) is 8.26. The van der Waals surface area contributed by atoms with Gasteiger partial charge in [0.05, 0.1) is 0 Å². The summed E-state index contributed by atoms with van der Waals surface area (Å²) in [6, 6.07) is 3.14. The van der Waals surface area contributed by atoms with Crippen LogP contribution in [0, 0.1) is 0 Å². The zero-order chi connectivity index (χ0) is 17.8. The molecule has 1 fully saturated rings. The molecule has 0 spiro atoms. The van der Waals surface area contributed by atoms with Crippen molar-refractivity contribution in [3.63, 3.8) is 0 Å². The number of hydrogen-bond donors (Lipinski definition) is 2. The summed E-state index contributed by atoms with van der Waals surface area (Å²) in [5.41, 5.74) is 5.68. The van der Waals surface area contributed by atoms with Gasteiger partial charge in [-0.15, -0.1) is 0 Å². The van der Waals surface area contributed by atoms with Gasteiger partial charge in [-0.2, -0.15) is 15.0 Å². The van der Waals surface area contributed by atoms with Gasteiger partial charge in [-0.1, -0.05) is 6.92 Å². The third-order valence-electron chi connectivity index (χ3n) is 4.06. The molecule has 1 aliphatic heterocycles. The molecule has 3 rings (SSSR count). The third kappa shape index (κ3) is 4.18. The summed E-state index contributed by atoms with van der Waals surface area (Å²) in [6.07, 6.45) is 2.22. The van der Waals surface area contributed by atoms with E-state index in [0.29, 0.717) is 35.5 Å². The normalized spacial score (nSPS) is 15.2. The van der Waals surface area contributed by atoms with Gasteiger partial charge in [0.1, 0.15) is 11.6 Å². The molecule has 9 heteroatoms. The Morgan fingerprint density at radius 3 is 2.68 bits per heavy atom. The van der Waals surface area contributed by atoms with Gasteiger partial charge < -0.3 is 20.9 Å². The summed E-state index contributed by atoms with van der Waals surface area (Å²) < 4.78 is 0. The Morgan fingerprint density at radius 2 is 2.00 bits per heavy atom. The Balaban J connectivity index is 1.84. The number of primary amides is 1. The Bertz CT molecular complexity index is 758. The fourth-order valence-electron chi connectivity index (χ4n) is 2.54. The molecule has 0 aliphatic carbocycles. The van der Waals surface area contributed by atoms with Crippen molar-refractivity contribution in [2.45, 2.75) is 13.3 Å². The molecule has 1 saturated heterocycles. The van der Waals surface area contributed by atoms with Gasteiger partial charge in [-0.3, -0.25) is 4.79 Å². The number of nitrogens with one attached hydrogen (secondary N) is 1. The Hall–Kier alpha value is -2.81. The second-order valence-electron chi connectivity index (χ2n) is 5.94. The van der Waals surface area contributed by atoms with E-state index in [0.717, 1.165) is 26.2 Å². The van der Waals surface area contributed by atoms with Crippen LogP contribution in [-0.4, -0.2) is 64.0 Å². The summed E-state index contributed by atoms with van der Waals surface area (Å²) >= 11 is 0. The summed E-state index contributed by atoms with van der Waals surface area (Å²) in [5.74, 6) is 1.74. The molecule has 9 nitrogen and oxygen atoms in total. The van der Waals surface area contributed by atoms with Crippen LogP contribution in [0.3, 0.4) is 0 Å². The lowest BCUT2D eigenvalue weighted by Crippen LogP contribution is -2.45. The van der Waals surface area contributed by atoms with Crippen molar-refractivity contribution in [2.75, 3.05) is 43.4 Å². The van der Waals surface area contributed by atoms with Crippen molar-refractivity contribution in [3.05, 3.63) is 29.7 Å². The predicted molar refractivity (Wildman–Crippen MR) is 95.0 cm³/mol. The number of rotatable bonds is 5. The average Bonchev–Trinajstić information content (AvgIpc) is 2.62. The number of carbonyl (C=O) groups is 1. The van der Waals surface area contributed by atoms with Gasteiger partial charge in [-0.05, 0) is 19.2 Å². The van der Waals surface area contributed by atoms with E-state index in [2.05, 4.69) is 42.1 Å². The molecule has 25 heavy (non-hydrogen) atoms. The lowest BCUT2D eigenvalue weighted by atomic mass is 10.2. The number of aromatic nitrogens is 4. The number of hydrogen-bond acceptors (Lipinski definition) is 8. The van der Waals surface area contributed by atoms with E-state index in [4.69, 9.17) is 5.73 Å². The van der Waals surface area contributed by atoms with Crippen LogP contribution in [0.25, 0.3) is 0 Å². The first-order chi connectivity index (χ1) is 12.0. The highest BCUT2D eigenvalue weighted by Gasteiger charge is 2.18. The van der Waals surface area contributed by atoms with Gasteiger partial charge in [0.25, 0.3) is 0 Å². The van der Waals surface area contributed by atoms with Crippen LogP contribution in [0.15, 0.2) is 18.3 Å². The van der Waals surface area contributed by atoms with Crippen molar-refractivity contribution in [1.82, 2.24) is 24.8 Å². The van der Waals surface area contributed by atoms with E-state index in [1.807, 2.05) is 6.92 Å². The minimum atomic E-state index is -0.506. The summed E-state index contributed by atoms with van der Waals surface area (Å²) in [7, 11) is 2.10. The molecule has 0 saturated carbocycles. The molecule has 1 amide bonds. The minimum Gasteiger partial charge on any atom is -0.366 e. The molecule has 0 unspecified atom stereocenters. The fourth-order valence-corrected chi connectivity index (χ4v) is 2.54. The van der Waals surface area contributed by atoms with Crippen LogP contribution < -0.4 is 16.0 Å². The fraction of sp³-hybridized carbons (Fsp3) is 0.438. The molecule has 2 aromatic heterocycles. The number of anilines is 3. The Kier molecular flexibility index (Phi) is 5.03. The van der Waals surface area contributed by atoms with Crippen LogP contribution in [0.1, 0.15) is 23.1 Å². The maximum Gasteiger partial charge on any atom is 0.248 e. The molecular weight excluding hydrogens is 320 g/mol. The second-order valence-corrected chi connectivity index (χ2v) is 5.94. The van der Waals surface area contributed by atoms with Crippen LogP contribution in [0.5, 0.6) is 0 Å². The number of nitrogens with zero attached hydrogens (tertiary/aromatic N) is 6. The van der Waals surface area contributed by atoms with Crippen LogP contribution in [0.2, 0.25) is 0 Å². The zero-order valence-electron chi connectivity index (χ0n) is 14.4. The van der Waals surface area contributed by atoms with Crippen molar-refractivity contribution >= 4 is 23.6 Å². The number of amides is 1. The first kappa shape index (κ1) is 17.0. The quantitative estimate of drug-likeness (QED) is 0.804. The number of carbonyl (C=O) groups excluding carboxylic acids is 1. The first-order valence-electron chi connectivity index (χ1n) is 8.26. The van der Waals surface area contributed by atoms with Crippen LogP contribution in [-0.2, 0) is 6.42 Å². The average molecular weight is 342 g/mol. The maximum absolute atomic E-state index is 11.3. The number of aryl methyl sites for hydroxylation is 1. The second kappa shape index (κ2) is 7.39. The molecule has 132 valence electrons. The minimum absolute atomic E-state index is 0.376. The molecule has 0 atom stereocenters. The molecular formula is C16H22N8O. The van der Waals surface area contributed by atoms with E-state index in [1.165, 1.54) is 6.20 Å². The van der Waals surface area contributed by atoms with E-state index in [1.54, 1.807) is 12.1 Å². The number of likely N-dealkylation sites (N-methyl/N-ethyl adjacent to an activating group) is 1. The summed E-state index contributed by atoms with van der Waals surface area (Å²) in [4.78, 5) is 33.4. The lowest BCUT2D eigenvalue weighted by molar-refractivity contribution is 0.1000. The highest BCUT2D eigenvalue weighted by Crippen LogP contribution is 2.17. The van der Waals surface area contributed by atoms with Crippen molar-refractivity contribution in [3.8, 4) is 0 Å². The zero-order valence-corrected chi connectivity index (χ0v) is 14.4. The highest BCUT2D eigenvalue weighted by atomic mass is 16.1. The van der Waals surface area contributed by atoms with E-state index in [9.17, 15) is 4.79 Å². The number of nitrogens with two attached hydrogens (primary N) is 1. The van der Waals surface area contributed by atoms with Gasteiger partial charge in [-0.25, -0.2) is 4.98 Å². The van der Waals surface area contributed by atoms with Crippen LogP contribution >= 0.6 is 0 Å². The van der Waals surface area contributed by atoms with Crippen molar-refractivity contribution in [1.29, 1.82) is 0 Å². The maximum atomic E-state index is 11.3. The number of pyridine rings is 1. The topological polar surface area (TPSA) is 113 Å². The molecule has 1 aliphatic rings. The predicted octanol–water partition coefficient (Wildman–Crippen LogP) is 0.423. The number of piperazine rings is 1. The SMILES string of the molecule is CCc1nc(Nc2cc(C(N)=O)ccn2)nc(N2CCN(C)CC2)n1. The Labute approximate surface area is 146 Å². The largest absolute Gasteiger partial charge is 0.366 e. The summed E-state index contributed by atoms with van der Waals surface area (Å²) in [6.45, 7) is 5.69. The van der Waals surface area contributed by atoms with E-state index >= 15 is 0 Å². The molecule has 0 aromatic carbocycles. The third-order valence-corrected chi connectivity index (χ3v) is 4.06. The molecule has 3 N–H and O–H groups in total. The van der Waals surface area contributed by atoms with Gasteiger partial charge in [0, 0.05) is 44.4 Å². The molecule has 0 radical (unpaired) electrons. The molecule has 3 heterocycles. The van der Waals surface area contributed by atoms with Crippen molar-refractivity contribution in [2.24, 2.45) is 5.73 Å². The molecule has 0 bridgehead atoms. The van der Waals surface area contributed by atoms with Crippen LogP contribution in [0.4, 0.5) is 17.7 Å². The molecule has 2 aromatic rings. The van der Waals surface area contributed by atoms with E-state index in [-0.39, 0.29) is 0 Å². The highest BCUT2D eigenvalue weighted by molar-refractivity contribution is 5.93. The van der Waals surface area contributed by atoms with E-state index < -0.39 is 5.91 Å².